The Bertz CT molecular complexity index is 930. The van der Waals surface area contributed by atoms with Crippen LogP contribution in [-0.2, 0) is 14.4 Å². The van der Waals surface area contributed by atoms with Crippen LogP contribution in [-0.4, -0.2) is 36.1 Å². The van der Waals surface area contributed by atoms with Crippen LogP contribution in [0.25, 0.3) is 0 Å². The second kappa shape index (κ2) is 7.00. The SMILES string of the molecule is COc1cc(C=NN2C(=O)C3C4C=CC(C4)C3C2=O)c(Br)c(Cl)c1OC(C)=O. The van der Waals surface area contributed by atoms with Crippen LogP contribution in [0.3, 0.4) is 0 Å². The fourth-order valence-electron chi connectivity index (χ4n) is 4.21. The van der Waals surface area contributed by atoms with Crippen LogP contribution in [0.2, 0.25) is 5.02 Å². The molecule has 2 bridgehead atoms. The van der Waals surface area contributed by atoms with Gasteiger partial charge in [-0.15, -0.1) is 0 Å². The lowest BCUT2D eigenvalue weighted by molar-refractivity contribution is -0.140. The van der Waals surface area contributed by atoms with E-state index in [-0.39, 0.29) is 52.0 Å². The van der Waals surface area contributed by atoms with Gasteiger partial charge in [0.05, 0.1) is 25.2 Å². The molecule has 1 heterocycles. The Kier molecular flexibility index (Phi) is 4.79. The number of hydrogen-bond acceptors (Lipinski definition) is 6. The summed E-state index contributed by atoms with van der Waals surface area (Å²) in [4.78, 5) is 36.7. The molecule has 4 atom stereocenters. The van der Waals surface area contributed by atoms with E-state index in [4.69, 9.17) is 21.1 Å². The van der Waals surface area contributed by atoms with Crippen molar-refractivity contribution < 1.29 is 23.9 Å². The van der Waals surface area contributed by atoms with Crippen molar-refractivity contribution in [1.82, 2.24) is 5.01 Å². The summed E-state index contributed by atoms with van der Waals surface area (Å²) in [6.45, 7) is 1.25. The van der Waals surface area contributed by atoms with Gasteiger partial charge in [0, 0.05) is 17.0 Å². The highest BCUT2D eigenvalue weighted by Gasteiger charge is 2.59. The Morgan fingerprint density at radius 3 is 2.43 bits per heavy atom. The first-order chi connectivity index (χ1) is 13.3. The van der Waals surface area contributed by atoms with E-state index in [2.05, 4.69) is 21.0 Å². The van der Waals surface area contributed by atoms with Crippen molar-refractivity contribution in [2.75, 3.05) is 7.11 Å². The van der Waals surface area contributed by atoms with Gasteiger partial charge in [0.1, 0.15) is 5.02 Å². The molecule has 1 aromatic rings. The third-order valence-corrected chi connectivity index (χ3v) is 6.82. The summed E-state index contributed by atoms with van der Waals surface area (Å²) >= 11 is 9.62. The number of rotatable bonds is 4. The maximum atomic E-state index is 12.7. The molecule has 0 radical (unpaired) electrons. The lowest BCUT2D eigenvalue weighted by Gasteiger charge is -2.14. The first-order valence-corrected chi connectivity index (χ1v) is 9.85. The number of methoxy groups -OCH3 is 1. The molecule has 1 saturated carbocycles. The summed E-state index contributed by atoms with van der Waals surface area (Å²) in [5.41, 5.74) is 0.469. The number of ether oxygens (including phenoxy) is 2. The van der Waals surface area contributed by atoms with Gasteiger partial charge in [-0.25, -0.2) is 0 Å². The zero-order chi connectivity index (χ0) is 20.2. The van der Waals surface area contributed by atoms with Gasteiger partial charge < -0.3 is 9.47 Å². The molecule has 1 saturated heterocycles. The normalized spacial score (nSPS) is 27.8. The molecule has 7 nitrogen and oxygen atoms in total. The molecule has 1 aliphatic heterocycles. The molecule has 2 fully saturated rings. The molecule has 4 rings (SSSR count). The average molecular weight is 468 g/mol. The smallest absolute Gasteiger partial charge is 0.308 e. The molecule has 28 heavy (non-hydrogen) atoms. The summed E-state index contributed by atoms with van der Waals surface area (Å²) < 4.78 is 10.7. The predicted octanol–water partition coefficient (Wildman–Crippen LogP) is 3.18. The molecule has 146 valence electrons. The van der Waals surface area contributed by atoms with Crippen molar-refractivity contribution in [3.63, 3.8) is 0 Å². The fraction of sp³-hybridized carbons (Fsp3) is 0.368. The molecule has 0 N–H and O–H groups in total. The third kappa shape index (κ3) is 2.86. The Hall–Kier alpha value is -2.19. The van der Waals surface area contributed by atoms with E-state index in [1.807, 2.05) is 12.2 Å². The number of hydrogen-bond donors (Lipinski definition) is 0. The second-order valence-corrected chi connectivity index (χ2v) is 8.12. The maximum absolute atomic E-state index is 12.7. The second-order valence-electron chi connectivity index (χ2n) is 6.95. The van der Waals surface area contributed by atoms with Gasteiger partial charge in [-0.05, 0) is 40.3 Å². The van der Waals surface area contributed by atoms with Crippen molar-refractivity contribution >= 4 is 51.5 Å². The summed E-state index contributed by atoms with van der Waals surface area (Å²) in [6, 6.07) is 1.55. The van der Waals surface area contributed by atoms with E-state index in [0.717, 1.165) is 11.4 Å². The number of carbonyl (C=O) groups excluding carboxylic acids is 3. The first kappa shape index (κ1) is 19.1. The van der Waals surface area contributed by atoms with E-state index in [0.29, 0.717) is 10.0 Å². The quantitative estimate of drug-likeness (QED) is 0.223. The number of benzene rings is 1. The highest BCUT2D eigenvalue weighted by Crippen LogP contribution is 2.52. The molecule has 4 unspecified atom stereocenters. The number of nitrogens with zero attached hydrogens (tertiary/aromatic N) is 2. The molecule has 3 aliphatic rings. The maximum Gasteiger partial charge on any atom is 0.308 e. The minimum Gasteiger partial charge on any atom is -0.493 e. The first-order valence-electron chi connectivity index (χ1n) is 8.68. The number of esters is 1. The van der Waals surface area contributed by atoms with Crippen molar-refractivity contribution in [3.8, 4) is 11.5 Å². The van der Waals surface area contributed by atoms with Gasteiger partial charge in [0.2, 0.25) is 0 Å². The van der Waals surface area contributed by atoms with Gasteiger partial charge in [-0.1, -0.05) is 23.8 Å². The number of amides is 2. The molecular formula is C19H16BrClN2O5. The van der Waals surface area contributed by atoms with E-state index >= 15 is 0 Å². The Balaban J connectivity index is 1.64. The summed E-state index contributed by atoms with van der Waals surface area (Å²) in [7, 11) is 1.41. The molecule has 2 amide bonds. The van der Waals surface area contributed by atoms with Gasteiger partial charge >= 0.3 is 5.97 Å². The lowest BCUT2D eigenvalue weighted by Crippen LogP contribution is -2.28. The molecule has 0 aromatic heterocycles. The highest BCUT2D eigenvalue weighted by molar-refractivity contribution is 9.10. The zero-order valence-corrected chi connectivity index (χ0v) is 17.4. The average Bonchev–Trinajstić information content (AvgIpc) is 3.33. The lowest BCUT2D eigenvalue weighted by atomic mass is 9.85. The van der Waals surface area contributed by atoms with Crippen molar-refractivity contribution in [3.05, 3.63) is 33.3 Å². The van der Waals surface area contributed by atoms with Gasteiger partial charge in [-0.2, -0.15) is 10.1 Å². The van der Waals surface area contributed by atoms with Gasteiger partial charge in [-0.3, -0.25) is 14.4 Å². The predicted molar refractivity (Wildman–Crippen MR) is 104 cm³/mol. The van der Waals surface area contributed by atoms with Crippen LogP contribution in [0.5, 0.6) is 11.5 Å². The summed E-state index contributed by atoms with van der Waals surface area (Å²) in [6.07, 6.45) is 6.28. The molecule has 0 spiro atoms. The Morgan fingerprint density at radius 2 is 1.89 bits per heavy atom. The van der Waals surface area contributed by atoms with Crippen LogP contribution in [0.4, 0.5) is 0 Å². The minimum absolute atomic E-state index is 0.0752. The zero-order valence-electron chi connectivity index (χ0n) is 15.0. The number of hydrazone groups is 1. The van der Waals surface area contributed by atoms with E-state index in [1.54, 1.807) is 6.07 Å². The third-order valence-electron chi connectivity index (χ3n) is 5.38. The van der Waals surface area contributed by atoms with E-state index in [1.165, 1.54) is 20.2 Å². The molecular weight excluding hydrogens is 452 g/mol. The standard InChI is InChI=1S/C19H16BrClN2O5/c1-8(24)28-17-12(27-2)6-11(15(20)16(17)21)7-22-23-18(25)13-9-3-4-10(5-9)14(13)19(23)26/h3-4,6-7,9-10,13-14H,5H2,1-2H3. The van der Waals surface area contributed by atoms with Gasteiger partial charge in [0.15, 0.2) is 11.5 Å². The molecule has 2 aliphatic carbocycles. The van der Waals surface area contributed by atoms with E-state index < -0.39 is 5.97 Å². The van der Waals surface area contributed by atoms with Crippen LogP contribution < -0.4 is 9.47 Å². The summed E-state index contributed by atoms with van der Waals surface area (Å²) in [5, 5.41) is 5.20. The highest BCUT2D eigenvalue weighted by atomic mass is 79.9. The number of allylic oxidation sites excluding steroid dienone is 2. The van der Waals surface area contributed by atoms with Crippen LogP contribution in [0, 0.1) is 23.7 Å². The van der Waals surface area contributed by atoms with Crippen molar-refractivity contribution in [2.45, 2.75) is 13.3 Å². The van der Waals surface area contributed by atoms with Crippen LogP contribution in [0.15, 0.2) is 27.8 Å². The molecule has 9 heteroatoms. The Labute approximate surface area is 174 Å². The number of imide groups is 1. The van der Waals surface area contributed by atoms with Crippen molar-refractivity contribution in [2.24, 2.45) is 28.8 Å². The summed E-state index contributed by atoms with van der Waals surface area (Å²) in [5.74, 6) is -1.17. The molecule has 1 aromatic carbocycles. The van der Waals surface area contributed by atoms with Gasteiger partial charge in [0.25, 0.3) is 11.8 Å². The topological polar surface area (TPSA) is 85.3 Å². The largest absolute Gasteiger partial charge is 0.493 e. The monoisotopic (exact) mass is 466 g/mol. The number of fused-ring (bicyclic) bond motifs is 5. The van der Waals surface area contributed by atoms with Crippen LogP contribution in [0.1, 0.15) is 18.9 Å². The van der Waals surface area contributed by atoms with Crippen molar-refractivity contribution in [1.29, 1.82) is 0 Å². The van der Waals surface area contributed by atoms with Crippen LogP contribution >= 0.6 is 27.5 Å². The van der Waals surface area contributed by atoms with E-state index in [9.17, 15) is 14.4 Å². The minimum atomic E-state index is -0.545. The number of halogens is 2. The Morgan fingerprint density at radius 1 is 1.29 bits per heavy atom. The fourth-order valence-corrected chi connectivity index (χ4v) is 4.85. The number of carbonyl (C=O) groups is 3.